The Bertz CT molecular complexity index is 1540. The minimum atomic E-state index is -0.0846. The van der Waals surface area contributed by atoms with Crippen LogP contribution in [0.15, 0.2) is 82.0 Å². The standard InChI is InChI=1S/C22H12N2O2S/c25-21-19-15-8-4-5-9-18(15)27-20(19)23-22-24(21)16-11-10-14(12-17(16)26-22)13-6-2-1-3-7-13/h1-12H. The largest absolute Gasteiger partial charge is 0.423 e. The van der Waals surface area contributed by atoms with Gasteiger partial charge in [0.15, 0.2) is 5.58 Å². The highest BCUT2D eigenvalue weighted by Gasteiger charge is 2.17. The average molecular weight is 368 g/mol. The summed E-state index contributed by atoms with van der Waals surface area (Å²) in [7, 11) is 0. The summed E-state index contributed by atoms with van der Waals surface area (Å²) in [5.74, 6) is 0.333. The molecule has 0 unspecified atom stereocenters. The molecule has 3 heterocycles. The van der Waals surface area contributed by atoms with Gasteiger partial charge in [-0.1, -0.05) is 54.6 Å². The van der Waals surface area contributed by atoms with Crippen molar-refractivity contribution in [3.63, 3.8) is 0 Å². The highest BCUT2D eigenvalue weighted by Crippen LogP contribution is 2.32. The number of hydrogen-bond acceptors (Lipinski definition) is 4. The van der Waals surface area contributed by atoms with Crippen molar-refractivity contribution in [2.24, 2.45) is 0 Å². The smallest absolute Gasteiger partial charge is 0.311 e. The van der Waals surface area contributed by atoms with Gasteiger partial charge in [-0.2, -0.15) is 4.98 Å². The van der Waals surface area contributed by atoms with Crippen molar-refractivity contribution in [3.8, 4) is 11.1 Å². The fourth-order valence-corrected chi connectivity index (χ4v) is 4.68. The summed E-state index contributed by atoms with van der Waals surface area (Å²) in [5, 5.41) is 1.60. The van der Waals surface area contributed by atoms with Gasteiger partial charge in [0.1, 0.15) is 4.83 Å². The number of rotatable bonds is 1. The van der Waals surface area contributed by atoms with Gasteiger partial charge in [0.2, 0.25) is 0 Å². The van der Waals surface area contributed by atoms with E-state index in [1.807, 2.05) is 60.7 Å². The first-order chi connectivity index (χ1) is 13.3. The van der Waals surface area contributed by atoms with Crippen LogP contribution < -0.4 is 5.56 Å². The molecule has 0 saturated heterocycles. The molecule has 0 spiro atoms. The van der Waals surface area contributed by atoms with Crippen LogP contribution in [0.3, 0.4) is 0 Å². The topological polar surface area (TPSA) is 47.5 Å². The van der Waals surface area contributed by atoms with Crippen LogP contribution in [-0.4, -0.2) is 9.38 Å². The first-order valence-electron chi connectivity index (χ1n) is 8.61. The van der Waals surface area contributed by atoms with Crippen molar-refractivity contribution in [1.82, 2.24) is 9.38 Å². The second-order valence-electron chi connectivity index (χ2n) is 6.46. The summed E-state index contributed by atoms with van der Waals surface area (Å²) >= 11 is 1.52. The summed E-state index contributed by atoms with van der Waals surface area (Å²) in [5.41, 5.74) is 3.45. The van der Waals surface area contributed by atoms with E-state index in [1.54, 1.807) is 4.40 Å². The summed E-state index contributed by atoms with van der Waals surface area (Å²) < 4.78 is 8.59. The molecule has 0 N–H and O–H groups in total. The van der Waals surface area contributed by atoms with Crippen LogP contribution in [0.4, 0.5) is 0 Å². The molecule has 0 aliphatic rings. The van der Waals surface area contributed by atoms with Crippen LogP contribution in [0, 0.1) is 0 Å². The molecule has 0 aliphatic carbocycles. The molecular weight excluding hydrogens is 356 g/mol. The van der Waals surface area contributed by atoms with Crippen molar-refractivity contribution < 1.29 is 4.42 Å². The van der Waals surface area contributed by atoms with Crippen LogP contribution in [0.25, 0.3) is 48.4 Å². The lowest BCUT2D eigenvalue weighted by atomic mass is 10.1. The second kappa shape index (κ2) is 5.28. The maximum Gasteiger partial charge on any atom is 0.311 e. The lowest BCUT2D eigenvalue weighted by Crippen LogP contribution is -2.12. The van der Waals surface area contributed by atoms with Crippen molar-refractivity contribution >= 4 is 48.6 Å². The number of benzene rings is 3. The highest BCUT2D eigenvalue weighted by molar-refractivity contribution is 7.25. The average Bonchev–Trinajstić information content (AvgIpc) is 3.26. The van der Waals surface area contributed by atoms with Crippen molar-refractivity contribution in [1.29, 1.82) is 0 Å². The number of aromatic nitrogens is 2. The van der Waals surface area contributed by atoms with E-state index in [9.17, 15) is 4.79 Å². The van der Waals surface area contributed by atoms with E-state index in [0.29, 0.717) is 21.6 Å². The summed E-state index contributed by atoms with van der Waals surface area (Å²) in [4.78, 5) is 18.6. The fourth-order valence-electron chi connectivity index (χ4n) is 3.62. The lowest BCUT2D eigenvalue weighted by Gasteiger charge is -2.00. The summed E-state index contributed by atoms with van der Waals surface area (Å²) in [6.07, 6.45) is 0. The van der Waals surface area contributed by atoms with Crippen molar-refractivity contribution in [3.05, 3.63) is 83.2 Å². The normalized spacial score (nSPS) is 11.9. The van der Waals surface area contributed by atoms with Gasteiger partial charge in [-0.15, -0.1) is 11.3 Å². The van der Waals surface area contributed by atoms with Crippen LogP contribution in [0.5, 0.6) is 0 Å². The monoisotopic (exact) mass is 368 g/mol. The maximum absolute atomic E-state index is 13.3. The molecule has 0 bridgehead atoms. The zero-order valence-electron chi connectivity index (χ0n) is 14.0. The van der Waals surface area contributed by atoms with E-state index in [4.69, 9.17) is 4.42 Å². The number of nitrogens with zero attached hydrogens (tertiary/aromatic N) is 2. The molecule has 0 amide bonds. The Morgan fingerprint density at radius 1 is 0.889 bits per heavy atom. The molecule has 0 aliphatic heterocycles. The molecule has 4 nitrogen and oxygen atoms in total. The third-order valence-corrected chi connectivity index (χ3v) is 5.96. The van der Waals surface area contributed by atoms with Gasteiger partial charge in [-0.25, -0.2) is 4.40 Å². The predicted octanol–water partition coefficient (Wildman–Crippen LogP) is 5.48. The van der Waals surface area contributed by atoms with Gasteiger partial charge < -0.3 is 4.42 Å². The first kappa shape index (κ1) is 14.7. The molecule has 3 aromatic carbocycles. The number of hydrogen-bond donors (Lipinski definition) is 0. The molecule has 6 rings (SSSR count). The molecule has 5 heteroatoms. The first-order valence-corrected chi connectivity index (χ1v) is 9.43. The van der Waals surface area contributed by atoms with Gasteiger partial charge in [0, 0.05) is 10.1 Å². The van der Waals surface area contributed by atoms with E-state index in [0.717, 1.165) is 26.7 Å². The minimum Gasteiger partial charge on any atom is -0.423 e. The molecule has 0 atom stereocenters. The van der Waals surface area contributed by atoms with E-state index in [-0.39, 0.29) is 5.56 Å². The van der Waals surface area contributed by atoms with Crippen LogP contribution >= 0.6 is 11.3 Å². The summed E-state index contributed by atoms with van der Waals surface area (Å²) in [6.45, 7) is 0. The Hall–Kier alpha value is -3.44. The zero-order chi connectivity index (χ0) is 18.0. The van der Waals surface area contributed by atoms with Crippen LogP contribution in [-0.2, 0) is 0 Å². The number of thiophene rings is 1. The molecule has 3 aromatic heterocycles. The SMILES string of the molecule is O=c1c2c(nc3oc4cc(-c5ccccc5)ccc4n13)sc1ccccc12. The van der Waals surface area contributed by atoms with E-state index in [2.05, 4.69) is 17.1 Å². The molecule has 0 fully saturated rings. The summed E-state index contributed by atoms with van der Waals surface area (Å²) in [6, 6.07) is 23.9. The third kappa shape index (κ3) is 2.03. The molecule has 128 valence electrons. The fraction of sp³-hybridized carbons (Fsp3) is 0. The van der Waals surface area contributed by atoms with Gasteiger partial charge in [-0.05, 0) is 29.3 Å². The second-order valence-corrected chi connectivity index (χ2v) is 7.49. The predicted molar refractivity (Wildman–Crippen MR) is 110 cm³/mol. The van der Waals surface area contributed by atoms with Crippen molar-refractivity contribution in [2.45, 2.75) is 0 Å². The van der Waals surface area contributed by atoms with E-state index in [1.165, 1.54) is 11.3 Å². The van der Waals surface area contributed by atoms with Gasteiger partial charge in [0.25, 0.3) is 5.56 Å². The molecule has 27 heavy (non-hydrogen) atoms. The highest BCUT2D eigenvalue weighted by atomic mass is 32.1. The number of fused-ring (bicyclic) bond motifs is 6. The van der Waals surface area contributed by atoms with Gasteiger partial charge >= 0.3 is 5.84 Å². The van der Waals surface area contributed by atoms with Crippen LogP contribution in [0.1, 0.15) is 0 Å². The maximum atomic E-state index is 13.3. The number of oxazole rings is 1. The van der Waals surface area contributed by atoms with E-state index < -0.39 is 0 Å². The van der Waals surface area contributed by atoms with Crippen molar-refractivity contribution in [2.75, 3.05) is 0 Å². The molecule has 6 aromatic rings. The quantitative estimate of drug-likeness (QED) is 0.386. The Balaban J connectivity index is 1.71. The Labute approximate surface area is 156 Å². The van der Waals surface area contributed by atoms with E-state index >= 15 is 0 Å². The molecular formula is C22H12N2O2S. The Kier molecular flexibility index (Phi) is 2.88. The minimum absolute atomic E-state index is 0.0846. The molecule has 0 saturated carbocycles. The molecule has 0 radical (unpaired) electrons. The third-order valence-electron chi connectivity index (χ3n) is 4.89. The van der Waals surface area contributed by atoms with Gasteiger partial charge in [-0.3, -0.25) is 4.79 Å². The van der Waals surface area contributed by atoms with Crippen LogP contribution in [0.2, 0.25) is 0 Å². The lowest BCUT2D eigenvalue weighted by molar-refractivity contribution is 0.637. The Morgan fingerprint density at radius 2 is 1.70 bits per heavy atom. The Morgan fingerprint density at radius 3 is 2.59 bits per heavy atom. The zero-order valence-corrected chi connectivity index (χ0v) is 14.9. The van der Waals surface area contributed by atoms with Gasteiger partial charge in [0.05, 0.1) is 10.9 Å².